The van der Waals surface area contributed by atoms with E-state index in [1.54, 1.807) is 13.0 Å². The summed E-state index contributed by atoms with van der Waals surface area (Å²) in [5.74, 6) is 2.89. The first kappa shape index (κ1) is 44.0. The van der Waals surface area contributed by atoms with Gasteiger partial charge in [0.05, 0.1) is 24.2 Å². The summed E-state index contributed by atoms with van der Waals surface area (Å²) in [6.45, 7) is 3.09. The van der Waals surface area contributed by atoms with Crippen LogP contribution in [0.25, 0.3) is 6.08 Å². The average molecular weight is 836 g/mol. The lowest BCUT2D eigenvalue weighted by Gasteiger charge is -2.40. The highest BCUT2D eigenvalue weighted by Gasteiger charge is 2.47. The Kier molecular flexibility index (Phi) is 14.6. The number of aryl methyl sites for hydroxylation is 1. The molecule has 11 atom stereocenters. The summed E-state index contributed by atoms with van der Waals surface area (Å²) in [6.07, 6.45) is 21.7. The van der Waals surface area contributed by atoms with E-state index in [-0.39, 0.29) is 42.9 Å². The molecule has 0 spiro atoms. The number of hydrogen-bond donors (Lipinski definition) is 7. The van der Waals surface area contributed by atoms with E-state index in [1.165, 1.54) is 24.8 Å². The fourth-order valence-corrected chi connectivity index (χ4v) is 11.5. The largest absolute Gasteiger partial charge is 0.504 e. The predicted molar refractivity (Wildman–Crippen MR) is 239 cm³/mol. The van der Waals surface area contributed by atoms with Crippen molar-refractivity contribution in [2.45, 2.75) is 127 Å². The van der Waals surface area contributed by atoms with Crippen LogP contribution in [-0.4, -0.2) is 81.9 Å². The van der Waals surface area contributed by atoms with Crippen molar-refractivity contribution in [1.29, 1.82) is 0 Å². The Morgan fingerprint density at radius 2 is 1.90 bits per heavy atom. The molecule has 4 aliphatic carbocycles. The van der Waals surface area contributed by atoms with Crippen molar-refractivity contribution in [3.63, 3.8) is 0 Å². The first-order chi connectivity index (χ1) is 29.6. The third kappa shape index (κ3) is 10.4. The number of benzene rings is 2. The molecule has 8 rings (SSSR count). The van der Waals surface area contributed by atoms with Gasteiger partial charge >= 0.3 is 0 Å². The monoisotopic (exact) mass is 836 g/mol. The van der Waals surface area contributed by atoms with Gasteiger partial charge in [0.2, 0.25) is 0 Å². The molecule has 2 aromatic rings. The zero-order valence-corrected chi connectivity index (χ0v) is 36.0. The van der Waals surface area contributed by atoms with Crippen LogP contribution in [0.5, 0.6) is 11.5 Å². The fourth-order valence-electron chi connectivity index (χ4n) is 11.5. The predicted octanol–water partition coefficient (Wildman–Crippen LogP) is 7.30. The molecule has 11 unspecified atom stereocenters. The first-order valence-corrected chi connectivity index (χ1v) is 23.4. The summed E-state index contributed by atoms with van der Waals surface area (Å²) in [5, 5.41) is 56.6. The van der Waals surface area contributed by atoms with Gasteiger partial charge in [-0.15, -0.1) is 4.99 Å². The van der Waals surface area contributed by atoms with Crippen molar-refractivity contribution in [3.8, 4) is 11.5 Å². The molecule has 330 valence electrons. The quantitative estimate of drug-likeness (QED) is 0.0602. The molecule has 3 fully saturated rings. The van der Waals surface area contributed by atoms with Crippen LogP contribution >= 0.6 is 0 Å². The van der Waals surface area contributed by atoms with Gasteiger partial charge in [-0.2, -0.15) is 11.6 Å². The van der Waals surface area contributed by atoms with Crippen LogP contribution in [0.3, 0.4) is 0 Å². The Morgan fingerprint density at radius 1 is 1.05 bits per heavy atom. The number of hydrogen-bond acceptors (Lipinski definition) is 10. The standard InChI is InChI=1S/C51H69N3O7/c1-31(56)27-53-28-43-38-11-6-9-34(38)17-21-45-42(43)26-46(54-45)48(58)30-60-50-24-33(15-22-47(50)57)13-18-37-25-36(29-55)49(61-37)12-5-2-7-32-14-19-40(44(52)23-32)41-20-16-35-8-3-4-10-39(35)51(41)59/h3-4,8,10,15-16,20,22,24-26,31-32,34,38,40-41,43-44,48-49,51,53,55-59H,2,5-7,9,11-14,17-19,21,23,27-30,52H2,1H3. The number of fused-ring (bicyclic) bond motifs is 3. The topological polar surface area (TPSA) is 170 Å². The Bertz CT molecular complexity index is 1910. The molecule has 2 heterocycles. The van der Waals surface area contributed by atoms with Gasteiger partial charge in [0.1, 0.15) is 12.2 Å². The van der Waals surface area contributed by atoms with Crippen LogP contribution in [0, 0.1) is 47.7 Å². The molecular weight excluding hydrogens is 767 g/mol. The van der Waals surface area contributed by atoms with Crippen molar-refractivity contribution in [2.24, 2.45) is 46.2 Å². The van der Waals surface area contributed by atoms with Gasteiger partial charge in [0.15, 0.2) is 29.4 Å². The molecule has 0 aromatic heterocycles. The lowest BCUT2D eigenvalue weighted by atomic mass is 9.68. The highest BCUT2D eigenvalue weighted by atomic mass is 16.5. The molecule has 2 aliphatic heterocycles. The van der Waals surface area contributed by atoms with Crippen molar-refractivity contribution < 1.29 is 35.0 Å². The number of nitrogens with one attached hydrogen (secondary N) is 1. The number of aliphatic hydroxyl groups is 4. The van der Waals surface area contributed by atoms with Crippen LogP contribution in [0.2, 0.25) is 0 Å². The maximum absolute atomic E-state index is 11.3. The molecule has 61 heavy (non-hydrogen) atoms. The molecule has 3 saturated carbocycles. The number of phenolic OH excluding ortho intramolecular Hbond substituents is 1. The van der Waals surface area contributed by atoms with Crippen LogP contribution in [-0.2, 0) is 11.2 Å². The second-order valence-electron chi connectivity index (χ2n) is 19.0. The highest BCUT2D eigenvalue weighted by Crippen LogP contribution is 2.48. The van der Waals surface area contributed by atoms with Crippen LogP contribution in [0.1, 0.15) is 113 Å². The first-order valence-electron chi connectivity index (χ1n) is 23.4. The normalized spacial score (nSPS) is 30.5. The molecule has 0 radical (unpaired) electrons. The van der Waals surface area contributed by atoms with E-state index < -0.39 is 18.3 Å². The molecule has 0 bridgehead atoms. The van der Waals surface area contributed by atoms with Crippen LogP contribution in [0.15, 0.2) is 76.8 Å². The van der Waals surface area contributed by atoms with Crippen molar-refractivity contribution in [1.82, 2.24) is 5.32 Å². The maximum atomic E-state index is 11.3. The van der Waals surface area contributed by atoms with E-state index in [9.17, 15) is 25.5 Å². The minimum atomic E-state index is -0.937. The van der Waals surface area contributed by atoms with E-state index in [1.807, 2.05) is 36.4 Å². The lowest BCUT2D eigenvalue weighted by molar-refractivity contribution is 0.0648. The zero-order chi connectivity index (χ0) is 42.5. The summed E-state index contributed by atoms with van der Waals surface area (Å²) in [7, 11) is 0. The number of ether oxygens (including phenoxy) is 2. The fraction of sp³-hybridized carbons (Fsp3) is 0.588. The third-order valence-electron chi connectivity index (χ3n) is 14.8. The Labute approximate surface area is 363 Å². The Morgan fingerprint density at radius 3 is 2.74 bits per heavy atom. The van der Waals surface area contributed by atoms with Gasteiger partial charge in [0.25, 0.3) is 0 Å². The van der Waals surface area contributed by atoms with Crippen LogP contribution < -0.4 is 15.8 Å². The number of aromatic hydroxyl groups is 1. The smallest absolute Gasteiger partial charge is 0.189 e. The number of phenols is 1. The third-order valence-corrected chi connectivity index (χ3v) is 14.8. The van der Waals surface area contributed by atoms with E-state index in [0.29, 0.717) is 54.8 Å². The van der Waals surface area contributed by atoms with E-state index in [4.69, 9.17) is 20.2 Å². The van der Waals surface area contributed by atoms with Gasteiger partial charge in [-0.05, 0) is 97.9 Å². The van der Waals surface area contributed by atoms with E-state index in [2.05, 4.69) is 29.6 Å². The Hall–Kier alpha value is -3.61. The summed E-state index contributed by atoms with van der Waals surface area (Å²) in [4.78, 5) is 4.93. The van der Waals surface area contributed by atoms with Crippen LogP contribution in [0.4, 0.5) is 0 Å². The van der Waals surface area contributed by atoms with E-state index in [0.717, 1.165) is 98.4 Å². The van der Waals surface area contributed by atoms with Gasteiger partial charge in [0, 0.05) is 44.2 Å². The minimum Gasteiger partial charge on any atom is -0.504 e. The SMILES string of the molecule is CC(O)CNCC1C2=C[C+](C(O)COc3cc(CC[C-]4C=C(CO)C(CCCCC5CCC(C6C=Cc7ccccc7C6O)C(N)C5)O4)ccc3O)N=C2CCC2CCCC21. The van der Waals surface area contributed by atoms with Crippen molar-refractivity contribution >= 4 is 11.8 Å². The van der Waals surface area contributed by atoms with Gasteiger partial charge in [-0.1, -0.05) is 93.5 Å². The van der Waals surface area contributed by atoms with Gasteiger partial charge < -0.3 is 46.1 Å². The molecule has 0 saturated heterocycles. The van der Waals surface area contributed by atoms with E-state index >= 15 is 0 Å². The zero-order valence-electron chi connectivity index (χ0n) is 36.0. The second kappa shape index (κ2) is 20.3. The number of unbranched alkanes of at least 4 members (excludes halogenated alkanes) is 1. The molecule has 0 amide bonds. The summed E-state index contributed by atoms with van der Waals surface area (Å²) in [5.41, 5.74) is 13.1. The lowest BCUT2D eigenvalue weighted by Crippen LogP contribution is -2.42. The number of rotatable bonds is 18. The molecule has 8 N–H and O–H groups in total. The molecule has 10 nitrogen and oxygen atoms in total. The van der Waals surface area contributed by atoms with Crippen molar-refractivity contribution in [2.75, 3.05) is 26.3 Å². The highest BCUT2D eigenvalue weighted by molar-refractivity contribution is 6.04. The van der Waals surface area contributed by atoms with Crippen molar-refractivity contribution in [3.05, 3.63) is 101 Å². The summed E-state index contributed by atoms with van der Waals surface area (Å²) < 4.78 is 12.4. The average Bonchev–Trinajstić information content (AvgIpc) is 4.00. The number of nitrogens with zero attached hydrogens (tertiary/aromatic N) is 1. The minimum absolute atomic E-state index is 0.0207. The number of nitrogens with two attached hydrogens (primary N) is 1. The molecular formula is C51H69N3O7. The number of aliphatic hydroxyl groups excluding tert-OH is 4. The van der Waals surface area contributed by atoms with Gasteiger partial charge in [-0.25, -0.2) is 0 Å². The molecule has 6 aliphatic rings. The maximum Gasteiger partial charge on any atom is 0.189 e. The second-order valence-corrected chi connectivity index (χ2v) is 19.0. The molecule has 2 aromatic carbocycles. The summed E-state index contributed by atoms with van der Waals surface area (Å²) >= 11 is 0. The van der Waals surface area contributed by atoms with Gasteiger partial charge in [-0.3, -0.25) is 0 Å². The number of aliphatic imine (C=N–C) groups is 1. The Balaban J connectivity index is 0.768. The molecule has 10 heteroatoms. The summed E-state index contributed by atoms with van der Waals surface area (Å²) in [6, 6.07) is 14.1.